The molecule has 0 unspecified atom stereocenters. The number of hydrogen-bond acceptors (Lipinski definition) is 2. The van der Waals surface area contributed by atoms with Crippen LogP contribution in [0.4, 0.5) is 14.5 Å². The van der Waals surface area contributed by atoms with Crippen molar-refractivity contribution >= 4 is 5.69 Å². The predicted octanol–water partition coefficient (Wildman–Crippen LogP) is 3.28. The van der Waals surface area contributed by atoms with Gasteiger partial charge in [0.1, 0.15) is 0 Å². The Bertz CT molecular complexity index is 509. The fourth-order valence-electron chi connectivity index (χ4n) is 1.41. The maximum Gasteiger partial charge on any atom is 0.160 e. The van der Waals surface area contributed by atoms with E-state index in [-0.39, 0.29) is 0 Å². The number of hydrogen-bond donors (Lipinski definition) is 1. The first kappa shape index (κ1) is 11.5. The van der Waals surface area contributed by atoms with Gasteiger partial charge >= 0.3 is 0 Å². The normalized spacial score (nSPS) is 10.3. The smallest absolute Gasteiger partial charge is 0.160 e. The van der Waals surface area contributed by atoms with Gasteiger partial charge in [0.25, 0.3) is 0 Å². The highest BCUT2D eigenvalue weighted by Crippen LogP contribution is 2.14. The maximum atomic E-state index is 12.9. The van der Waals surface area contributed by atoms with Crippen LogP contribution >= 0.6 is 0 Å². The van der Waals surface area contributed by atoms with Crippen LogP contribution in [-0.4, -0.2) is 4.98 Å². The summed E-state index contributed by atoms with van der Waals surface area (Å²) in [6, 6.07) is 7.58. The summed E-state index contributed by atoms with van der Waals surface area (Å²) < 4.78 is 25.6. The number of benzene rings is 1. The van der Waals surface area contributed by atoms with Crippen LogP contribution in [0.25, 0.3) is 0 Å². The minimum absolute atomic E-state index is 0.526. The van der Waals surface area contributed by atoms with Gasteiger partial charge in [-0.05, 0) is 30.7 Å². The average Bonchev–Trinajstić information content (AvgIpc) is 2.33. The number of nitrogens with one attached hydrogen (secondary N) is 1. The van der Waals surface area contributed by atoms with E-state index in [9.17, 15) is 8.78 Å². The zero-order valence-corrected chi connectivity index (χ0v) is 9.37. The first-order valence-corrected chi connectivity index (χ1v) is 5.25. The van der Waals surface area contributed by atoms with E-state index in [1.807, 2.05) is 19.1 Å². The minimum atomic E-state index is -0.850. The second kappa shape index (κ2) is 4.91. The van der Waals surface area contributed by atoms with Crippen LogP contribution in [0.1, 0.15) is 11.3 Å². The molecule has 1 N–H and O–H groups in total. The van der Waals surface area contributed by atoms with Crippen LogP contribution in [0.3, 0.4) is 0 Å². The van der Waals surface area contributed by atoms with Crippen molar-refractivity contribution in [1.29, 1.82) is 0 Å². The third-order valence-electron chi connectivity index (χ3n) is 2.39. The molecule has 1 aromatic carbocycles. The third kappa shape index (κ3) is 3.00. The Hall–Kier alpha value is -1.97. The Kier molecular flexibility index (Phi) is 3.32. The van der Waals surface area contributed by atoms with E-state index in [0.29, 0.717) is 12.2 Å². The van der Waals surface area contributed by atoms with Crippen molar-refractivity contribution in [2.45, 2.75) is 13.5 Å². The Morgan fingerprint density at radius 1 is 1.12 bits per heavy atom. The first-order valence-electron chi connectivity index (χ1n) is 5.25. The largest absolute Gasteiger partial charge is 0.381 e. The standard InChI is InChI=1S/C13H12F2N2/c1-9-2-3-10(7-16-9)8-17-11-4-5-12(14)13(15)6-11/h2-7,17H,8H2,1H3. The molecule has 1 heterocycles. The quantitative estimate of drug-likeness (QED) is 0.881. The summed E-state index contributed by atoms with van der Waals surface area (Å²) in [7, 11) is 0. The highest BCUT2D eigenvalue weighted by Gasteiger charge is 2.02. The molecule has 4 heteroatoms. The molecule has 0 aliphatic heterocycles. The predicted molar refractivity (Wildman–Crippen MR) is 62.7 cm³/mol. The van der Waals surface area contributed by atoms with Gasteiger partial charge in [0, 0.05) is 30.2 Å². The summed E-state index contributed by atoms with van der Waals surface area (Å²) in [5.74, 6) is -1.69. The molecule has 0 amide bonds. The van der Waals surface area contributed by atoms with Crippen LogP contribution in [-0.2, 0) is 6.54 Å². The van der Waals surface area contributed by atoms with Gasteiger partial charge in [-0.25, -0.2) is 8.78 Å². The summed E-state index contributed by atoms with van der Waals surface area (Å²) in [5, 5.41) is 3.00. The molecule has 2 aromatic rings. The minimum Gasteiger partial charge on any atom is -0.381 e. The van der Waals surface area contributed by atoms with Crippen LogP contribution < -0.4 is 5.32 Å². The van der Waals surface area contributed by atoms with E-state index in [1.54, 1.807) is 6.20 Å². The Balaban J connectivity index is 2.02. The number of rotatable bonds is 3. The zero-order chi connectivity index (χ0) is 12.3. The summed E-state index contributed by atoms with van der Waals surface area (Å²) in [5.41, 5.74) is 2.48. The van der Waals surface area contributed by atoms with E-state index >= 15 is 0 Å². The Morgan fingerprint density at radius 2 is 1.94 bits per heavy atom. The molecule has 0 atom stereocenters. The third-order valence-corrected chi connectivity index (χ3v) is 2.39. The van der Waals surface area contributed by atoms with E-state index in [0.717, 1.165) is 23.4 Å². The highest BCUT2D eigenvalue weighted by molar-refractivity contribution is 5.44. The topological polar surface area (TPSA) is 24.9 Å². The molecular formula is C13H12F2N2. The summed E-state index contributed by atoms with van der Waals surface area (Å²) >= 11 is 0. The van der Waals surface area contributed by atoms with Crippen molar-refractivity contribution in [3.8, 4) is 0 Å². The molecule has 0 spiro atoms. The second-order valence-electron chi connectivity index (χ2n) is 3.79. The van der Waals surface area contributed by atoms with Crippen molar-refractivity contribution < 1.29 is 8.78 Å². The molecule has 0 aliphatic carbocycles. The molecule has 0 radical (unpaired) electrons. The van der Waals surface area contributed by atoms with Gasteiger partial charge < -0.3 is 5.32 Å². The molecule has 0 bridgehead atoms. The number of aromatic nitrogens is 1. The van der Waals surface area contributed by atoms with Gasteiger partial charge in [-0.1, -0.05) is 6.07 Å². The summed E-state index contributed by atoms with van der Waals surface area (Å²) in [6.45, 7) is 2.44. The molecule has 2 rings (SSSR count). The number of aryl methyl sites for hydroxylation is 1. The van der Waals surface area contributed by atoms with E-state index in [4.69, 9.17) is 0 Å². The lowest BCUT2D eigenvalue weighted by atomic mass is 10.2. The van der Waals surface area contributed by atoms with Crippen molar-refractivity contribution in [3.05, 3.63) is 59.4 Å². The number of anilines is 1. The highest BCUT2D eigenvalue weighted by atomic mass is 19.2. The molecular weight excluding hydrogens is 222 g/mol. The van der Waals surface area contributed by atoms with Gasteiger partial charge in [0.2, 0.25) is 0 Å². The molecule has 0 fully saturated rings. The van der Waals surface area contributed by atoms with Crippen LogP contribution in [0.5, 0.6) is 0 Å². The molecule has 2 nitrogen and oxygen atoms in total. The van der Waals surface area contributed by atoms with Gasteiger partial charge in [0.05, 0.1) is 0 Å². The molecule has 0 saturated heterocycles. The van der Waals surface area contributed by atoms with Gasteiger partial charge in [-0.2, -0.15) is 0 Å². The van der Waals surface area contributed by atoms with Crippen LogP contribution in [0, 0.1) is 18.6 Å². The zero-order valence-electron chi connectivity index (χ0n) is 9.37. The molecule has 0 aliphatic rings. The fourth-order valence-corrected chi connectivity index (χ4v) is 1.41. The molecule has 1 aromatic heterocycles. The lowest BCUT2D eigenvalue weighted by Crippen LogP contribution is -2.00. The van der Waals surface area contributed by atoms with Gasteiger partial charge in [-0.3, -0.25) is 4.98 Å². The average molecular weight is 234 g/mol. The number of halogens is 2. The monoisotopic (exact) mass is 234 g/mol. The molecule has 88 valence electrons. The van der Waals surface area contributed by atoms with Gasteiger partial charge in [0.15, 0.2) is 11.6 Å². The Morgan fingerprint density at radius 3 is 2.59 bits per heavy atom. The van der Waals surface area contributed by atoms with Crippen LogP contribution in [0.15, 0.2) is 36.5 Å². The summed E-state index contributed by atoms with van der Waals surface area (Å²) in [6.07, 6.45) is 1.75. The van der Waals surface area contributed by atoms with Crippen molar-refractivity contribution in [2.75, 3.05) is 5.32 Å². The lowest BCUT2D eigenvalue weighted by molar-refractivity contribution is 0.509. The second-order valence-corrected chi connectivity index (χ2v) is 3.79. The van der Waals surface area contributed by atoms with Crippen molar-refractivity contribution in [3.63, 3.8) is 0 Å². The van der Waals surface area contributed by atoms with E-state index in [2.05, 4.69) is 10.3 Å². The van der Waals surface area contributed by atoms with Crippen molar-refractivity contribution in [1.82, 2.24) is 4.98 Å². The van der Waals surface area contributed by atoms with Crippen LogP contribution in [0.2, 0.25) is 0 Å². The maximum absolute atomic E-state index is 12.9. The SMILES string of the molecule is Cc1ccc(CNc2ccc(F)c(F)c2)cn1. The Labute approximate surface area is 98.3 Å². The molecule has 0 saturated carbocycles. The van der Waals surface area contributed by atoms with Gasteiger partial charge in [-0.15, -0.1) is 0 Å². The number of nitrogens with zero attached hydrogens (tertiary/aromatic N) is 1. The fraction of sp³-hybridized carbons (Fsp3) is 0.154. The van der Waals surface area contributed by atoms with E-state index in [1.165, 1.54) is 6.07 Å². The summed E-state index contributed by atoms with van der Waals surface area (Å²) in [4.78, 5) is 4.15. The number of pyridine rings is 1. The first-order chi connectivity index (χ1) is 8.15. The van der Waals surface area contributed by atoms with E-state index < -0.39 is 11.6 Å². The van der Waals surface area contributed by atoms with Crippen molar-refractivity contribution in [2.24, 2.45) is 0 Å². The lowest BCUT2D eigenvalue weighted by Gasteiger charge is -2.06. The molecule has 17 heavy (non-hydrogen) atoms.